The highest BCUT2D eigenvalue weighted by Gasteiger charge is 2.33. The molecule has 30 heavy (non-hydrogen) atoms. The van der Waals surface area contributed by atoms with E-state index in [2.05, 4.69) is 15.6 Å². The van der Waals surface area contributed by atoms with Crippen LogP contribution in [0.1, 0.15) is 19.3 Å². The van der Waals surface area contributed by atoms with Crippen molar-refractivity contribution in [3.05, 3.63) is 54.5 Å². The predicted molar refractivity (Wildman–Crippen MR) is 108 cm³/mol. The molecule has 0 bridgehead atoms. The van der Waals surface area contributed by atoms with Crippen molar-refractivity contribution in [1.29, 1.82) is 0 Å². The Morgan fingerprint density at radius 1 is 1.17 bits per heavy atom. The molecule has 1 fully saturated rings. The molecule has 0 radical (unpaired) electrons. The number of pyridine rings is 1. The van der Waals surface area contributed by atoms with Gasteiger partial charge in [0.05, 0.1) is 10.8 Å². The van der Waals surface area contributed by atoms with Gasteiger partial charge in [-0.2, -0.15) is 4.31 Å². The summed E-state index contributed by atoms with van der Waals surface area (Å²) in [5.41, 5.74) is 0. The van der Waals surface area contributed by atoms with E-state index in [0.29, 0.717) is 25.2 Å². The number of carbonyl (C=O) groups is 2. The van der Waals surface area contributed by atoms with E-state index >= 15 is 0 Å². The molecule has 160 valence electrons. The fraction of sp³-hybridized carbons (Fsp3) is 0.350. The highest BCUT2D eigenvalue weighted by molar-refractivity contribution is 7.89. The molecule has 1 aliphatic heterocycles. The van der Waals surface area contributed by atoms with Crippen LogP contribution in [0.25, 0.3) is 0 Å². The summed E-state index contributed by atoms with van der Waals surface area (Å²) in [6.45, 7) is 0.486. The van der Waals surface area contributed by atoms with E-state index in [0.717, 1.165) is 12.1 Å². The zero-order chi connectivity index (χ0) is 21.6. The SMILES string of the molecule is O=C(CCNC(=O)C1CCCN(S(=O)(=O)c2ccc(F)cc2)C1)Nc1ccccn1. The molecule has 8 nitrogen and oxygen atoms in total. The first kappa shape index (κ1) is 21.8. The van der Waals surface area contributed by atoms with Crippen molar-refractivity contribution in [3.63, 3.8) is 0 Å². The number of hydrogen-bond acceptors (Lipinski definition) is 5. The second-order valence-corrected chi connectivity index (χ2v) is 8.90. The Morgan fingerprint density at radius 2 is 1.93 bits per heavy atom. The Hall–Kier alpha value is -2.85. The van der Waals surface area contributed by atoms with Gasteiger partial charge in [0.25, 0.3) is 0 Å². The minimum atomic E-state index is -3.80. The number of amides is 2. The molecule has 1 aromatic heterocycles. The first-order chi connectivity index (χ1) is 14.4. The maximum Gasteiger partial charge on any atom is 0.243 e. The number of halogens is 1. The number of anilines is 1. The molecule has 2 aromatic rings. The van der Waals surface area contributed by atoms with Crippen molar-refractivity contribution >= 4 is 27.7 Å². The minimum absolute atomic E-state index is 0.00356. The van der Waals surface area contributed by atoms with E-state index in [4.69, 9.17) is 0 Å². The van der Waals surface area contributed by atoms with Gasteiger partial charge in [0.2, 0.25) is 21.8 Å². The Balaban J connectivity index is 1.50. The van der Waals surface area contributed by atoms with Crippen LogP contribution in [0, 0.1) is 11.7 Å². The van der Waals surface area contributed by atoms with Crippen molar-refractivity contribution in [2.45, 2.75) is 24.2 Å². The smallest absolute Gasteiger partial charge is 0.243 e. The molecule has 3 rings (SSSR count). The Kier molecular flexibility index (Phi) is 7.11. The fourth-order valence-corrected chi connectivity index (χ4v) is 4.74. The molecule has 1 aliphatic rings. The second kappa shape index (κ2) is 9.77. The monoisotopic (exact) mass is 434 g/mol. The maximum absolute atomic E-state index is 13.1. The number of benzene rings is 1. The molecule has 0 saturated carbocycles. The van der Waals surface area contributed by atoms with E-state index in [1.54, 1.807) is 24.4 Å². The van der Waals surface area contributed by atoms with Crippen LogP contribution in [0.3, 0.4) is 0 Å². The van der Waals surface area contributed by atoms with E-state index < -0.39 is 21.8 Å². The average Bonchev–Trinajstić information content (AvgIpc) is 2.75. The third-order valence-electron chi connectivity index (χ3n) is 4.79. The molecular weight excluding hydrogens is 411 g/mol. The van der Waals surface area contributed by atoms with Gasteiger partial charge in [-0.05, 0) is 49.2 Å². The lowest BCUT2D eigenvalue weighted by Gasteiger charge is -2.31. The molecule has 1 atom stereocenters. The quantitative estimate of drug-likeness (QED) is 0.690. The molecule has 1 saturated heterocycles. The molecular formula is C20H23FN4O4S. The van der Waals surface area contributed by atoms with Gasteiger partial charge in [-0.25, -0.2) is 17.8 Å². The van der Waals surface area contributed by atoms with Crippen LogP contribution in [-0.4, -0.2) is 49.2 Å². The van der Waals surface area contributed by atoms with Crippen LogP contribution >= 0.6 is 0 Å². The summed E-state index contributed by atoms with van der Waals surface area (Å²) in [5, 5.41) is 5.33. The molecule has 2 amide bonds. The maximum atomic E-state index is 13.1. The first-order valence-electron chi connectivity index (χ1n) is 9.60. The zero-order valence-corrected chi connectivity index (χ0v) is 17.1. The molecule has 1 unspecified atom stereocenters. The zero-order valence-electron chi connectivity index (χ0n) is 16.3. The fourth-order valence-electron chi connectivity index (χ4n) is 3.22. The van der Waals surface area contributed by atoms with E-state index in [9.17, 15) is 22.4 Å². The third kappa shape index (κ3) is 5.61. The Morgan fingerprint density at radius 3 is 2.63 bits per heavy atom. The lowest BCUT2D eigenvalue weighted by atomic mass is 9.99. The van der Waals surface area contributed by atoms with Crippen LogP contribution in [0.15, 0.2) is 53.6 Å². The number of sulfonamides is 1. The number of nitrogens with one attached hydrogen (secondary N) is 2. The number of piperidine rings is 1. The number of rotatable bonds is 7. The number of carbonyl (C=O) groups excluding carboxylic acids is 2. The van der Waals surface area contributed by atoms with E-state index in [1.807, 2.05) is 0 Å². The van der Waals surface area contributed by atoms with Crippen LogP contribution in [0.4, 0.5) is 10.2 Å². The van der Waals surface area contributed by atoms with E-state index in [1.165, 1.54) is 16.4 Å². The van der Waals surface area contributed by atoms with Gasteiger partial charge in [0, 0.05) is 32.3 Å². The summed E-state index contributed by atoms with van der Waals surface area (Å²) in [6, 6.07) is 9.77. The summed E-state index contributed by atoms with van der Waals surface area (Å²) in [7, 11) is -3.80. The highest BCUT2D eigenvalue weighted by atomic mass is 32.2. The van der Waals surface area contributed by atoms with Crippen molar-refractivity contribution in [3.8, 4) is 0 Å². The normalized spacial score (nSPS) is 17.3. The predicted octanol–water partition coefficient (Wildman–Crippen LogP) is 1.77. The summed E-state index contributed by atoms with van der Waals surface area (Å²) >= 11 is 0. The third-order valence-corrected chi connectivity index (χ3v) is 6.67. The first-order valence-corrected chi connectivity index (χ1v) is 11.0. The van der Waals surface area contributed by atoms with Gasteiger partial charge >= 0.3 is 0 Å². The van der Waals surface area contributed by atoms with Gasteiger partial charge in [-0.15, -0.1) is 0 Å². The van der Waals surface area contributed by atoms with E-state index in [-0.39, 0.29) is 36.2 Å². The van der Waals surface area contributed by atoms with Crippen LogP contribution in [-0.2, 0) is 19.6 Å². The standard InChI is InChI=1S/C20H23FN4O4S/c21-16-6-8-17(9-7-16)30(28,29)25-13-3-4-15(14-25)20(27)23-12-10-19(26)24-18-5-1-2-11-22-18/h1-2,5-9,11,15H,3-4,10,12-14H2,(H,23,27)(H,22,24,26). The van der Waals surface area contributed by atoms with Crippen molar-refractivity contribution in [2.75, 3.05) is 25.0 Å². The summed E-state index contributed by atoms with van der Waals surface area (Å²) in [6.07, 6.45) is 2.74. The van der Waals surface area contributed by atoms with Crippen molar-refractivity contribution in [1.82, 2.24) is 14.6 Å². The van der Waals surface area contributed by atoms with Gasteiger partial charge in [-0.1, -0.05) is 6.07 Å². The molecule has 0 spiro atoms. The van der Waals surface area contributed by atoms with Gasteiger partial charge in [0.15, 0.2) is 0 Å². The summed E-state index contributed by atoms with van der Waals surface area (Å²) in [5.74, 6) is -1.16. The van der Waals surface area contributed by atoms with Crippen LogP contribution < -0.4 is 10.6 Å². The Bertz CT molecular complexity index is 984. The summed E-state index contributed by atoms with van der Waals surface area (Å²) in [4.78, 5) is 28.4. The topological polar surface area (TPSA) is 108 Å². The molecule has 2 heterocycles. The Labute approximate surface area is 174 Å². The van der Waals surface area contributed by atoms with Gasteiger partial charge in [0.1, 0.15) is 11.6 Å². The molecule has 1 aromatic carbocycles. The van der Waals surface area contributed by atoms with Crippen molar-refractivity contribution < 1.29 is 22.4 Å². The van der Waals surface area contributed by atoms with Crippen LogP contribution in [0.5, 0.6) is 0 Å². The summed E-state index contributed by atoms with van der Waals surface area (Å²) < 4.78 is 39.9. The van der Waals surface area contributed by atoms with Crippen molar-refractivity contribution in [2.24, 2.45) is 5.92 Å². The number of aromatic nitrogens is 1. The van der Waals surface area contributed by atoms with Gasteiger partial charge < -0.3 is 10.6 Å². The van der Waals surface area contributed by atoms with Crippen LogP contribution in [0.2, 0.25) is 0 Å². The lowest BCUT2D eigenvalue weighted by Crippen LogP contribution is -2.45. The van der Waals surface area contributed by atoms with Gasteiger partial charge in [-0.3, -0.25) is 9.59 Å². The number of nitrogens with zero attached hydrogens (tertiary/aromatic N) is 2. The number of hydrogen-bond donors (Lipinski definition) is 2. The lowest BCUT2D eigenvalue weighted by molar-refractivity contribution is -0.126. The molecule has 2 N–H and O–H groups in total. The molecule has 10 heteroatoms. The largest absolute Gasteiger partial charge is 0.355 e. The average molecular weight is 434 g/mol. The second-order valence-electron chi connectivity index (χ2n) is 6.96. The molecule has 0 aliphatic carbocycles. The highest BCUT2D eigenvalue weighted by Crippen LogP contribution is 2.24. The minimum Gasteiger partial charge on any atom is -0.355 e.